The fraction of sp³-hybridized carbons (Fsp3) is 0.652. The number of carbonyl (C=O) groups is 2. The molecule has 3 fully saturated rings. The van der Waals surface area contributed by atoms with Gasteiger partial charge in [0, 0.05) is 51.2 Å². The summed E-state index contributed by atoms with van der Waals surface area (Å²) in [5, 5.41) is 0. The van der Waals surface area contributed by atoms with Crippen LogP contribution in [0.15, 0.2) is 24.3 Å². The highest BCUT2D eigenvalue weighted by atomic mass is 16.2. The van der Waals surface area contributed by atoms with Crippen LogP contribution in [0.4, 0.5) is 0 Å². The van der Waals surface area contributed by atoms with Gasteiger partial charge in [0.15, 0.2) is 0 Å². The molecule has 5 heteroatoms. The third kappa shape index (κ3) is 3.34. The second-order valence-corrected chi connectivity index (χ2v) is 9.25. The molecule has 3 aliphatic heterocycles. The van der Waals surface area contributed by atoms with Gasteiger partial charge >= 0.3 is 0 Å². The first-order valence-electron chi connectivity index (χ1n) is 10.8. The van der Waals surface area contributed by atoms with Gasteiger partial charge in [0.25, 0.3) is 0 Å². The highest BCUT2D eigenvalue weighted by Crippen LogP contribution is 2.45. The van der Waals surface area contributed by atoms with Gasteiger partial charge in [0.05, 0.1) is 11.8 Å². The van der Waals surface area contributed by atoms with E-state index in [-0.39, 0.29) is 11.8 Å². The number of hydrogen-bond donors (Lipinski definition) is 0. The van der Waals surface area contributed by atoms with Crippen molar-refractivity contribution in [2.45, 2.75) is 46.1 Å². The Balaban J connectivity index is 1.53. The second-order valence-electron chi connectivity index (χ2n) is 9.25. The van der Waals surface area contributed by atoms with E-state index in [1.165, 1.54) is 0 Å². The third-order valence-corrected chi connectivity index (χ3v) is 7.14. The van der Waals surface area contributed by atoms with Gasteiger partial charge < -0.3 is 9.80 Å². The van der Waals surface area contributed by atoms with E-state index in [0.717, 1.165) is 50.1 Å². The first-order chi connectivity index (χ1) is 13.4. The molecule has 28 heavy (non-hydrogen) atoms. The Labute approximate surface area is 168 Å². The molecule has 3 saturated heterocycles. The van der Waals surface area contributed by atoms with Crippen LogP contribution in [0.2, 0.25) is 0 Å². The molecule has 3 aliphatic rings. The minimum Gasteiger partial charge on any atom is -0.342 e. The number of benzene rings is 1. The van der Waals surface area contributed by atoms with Crippen molar-refractivity contribution in [1.29, 1.82) is 0 Å². The largest absolute Gasteiger partial charge is 0.342 e. The smallest absolute Gasteiger partial charge is 0.232 e. The average Bonchev–Trinajstić information content (AvgIpc) is 3.37. The Morgan fingerprint density at radius 1 is 1.07 bits per heavy atom. The molecule has 3 heterocycles. The Morgan fingerprint density at radius 3 is 2.46 bits per heavy atom. The van der Waals surface area contributed by atoms with E-state index < -0.39 is 5.41 Å². The van der Waals surface area contributed by atoms with E-state index >= 15 is 0 Å². The number of amides is 2. The summed E-state index contributed by atoms with van der Waals surface area (Å²) >= 11 is 0. The molecule has 2 unspecified atom stereocenters. The molecule has 0 N–H and O–H groups in total. The van der Waals surface area contributed by atoms with Crippen LogP contribution in [0.5, 0.6) is 0 Å². The van der Waals surface area contributed by atoms with Gasteiger partial charge in [-0.1, -0.05) is 24.3 Å². The molecule has 152 valence electrons. The van der Waals surface area contributed by atoms with Crippen LogP contribution < -0.4 is 0 Å². The Kier molecular flexibility index (Phi) is 5.21. The van der Waals surface area contributed by atoms with Gasteiger partial charge in [-0.15, -0.1) is 0 Å². The molecule has 4 rings (SSSR count). The number of rotatable bonds is 4. The molecule has 0 bridgehead atoms. The third-order valence-electron chi connectivity index (χ3n) is 7.14. The second kappa shape index (κ2) is 7.51. The Morgan fingerprint density at radius 2 is 1.79 bits per heavy atom. The topological polar surface area (TPSA) is 43.9 Å². The van der Waals surface area contributed by atoms with Gasteiger partial charge in [-0.25, -0.2) is 0 Å². The quantitative estimate of drug-likeness (QED) is 0.802. The fourth-order valence-electron chi connectivity index (χ4n) is 5.31. The fourth-order valence-corrected chi connectivity index (χ4v) is 5.31. The molecular formula is C23H33N3O2. The summed E-state index contributed by atoms with van der Waals surface area (Å²) in [7, 11) is 0. The van der Waals surface area contributed by atoms with Crippen molar-refractivity contribution in [3.05, 3.63) is 35.4 Å². The van der Waals surface area contributed by atoms with E-state index in [0.29, 0.717) is 31.5 Å². The number of hydrogen-bond acceptors (Lipinski definition) is 3. The molecule has 0 aromatic heterocycles. The highest BCUT2D eigenvalue weighted by Gasteiger charge is 2.59. The van der Waals surface area contributed by atoms with E-state index in [2.05, 4.69) is 36.6 Å². The number of carbonyl (C=O) groups excluding carboxylic acids is 2. The number of aryl methyl sites for hydroxylation is 1. The maximum absolute atomic E-state index is 13.6. The standard InChI is InChI=1S/C23H33N3O2/c1-17(2)25-13-20-14-26(21(27)12-19-9-5-4-8-18(19)3)16-23(20,15-25)22(28)24-10-6-7-11-24/h4-5,8-9,17,20H,6-7,10-16H2,1-3H3. The lowest BCUT2D eigenvalue weighted by Crippen LogP contribution is -2.49. The normalized spacial score (nSPS) is 27.6. The van der Waals surface area contributed by atoms with Crippen LogP contribution in [-0.4, -0.2) is 71.8 Å². The van der Waals surface area contributed by atoms with Crippen LogP contribution in [0, 0.1) is 18.3 Å². The van der Waals surface area contributed by atoms with Crippen molar-refractivity contribution in [3.8, 4) is 0 Å². The van der Waals surface area contributed by atoms with Crippen LogP contribution in [-0.2, 0) is 16.0 Å². The SMILES string of the molecule is Cc1ccccc1CC(=O)N1CC2CN(C(C)C)CC2(C(=O)N2CCCC2)C1. The molecule has 0 radical (unpaired) electrons. The van der Waals surface area contributed by atoms with Crippen LogP contribution >= 0.6 is 0 Å². The van der Waals surface area contributed by atoms with Crippen LogP contribution in [0.25, 0.3) is 0 Å². The zero-order chi connectivity index (χ0) is 19.9. The maximum Gasteiger partial charge on any atom is 0.232 e. The minimum absolute atomic E-state index is 0.161. The van der Waals surface area contributed by atoms with E-state index in [1.807, 2.05) is 23.1 Å². The summed E-state index contributed by atoms with van der Waals surface area (Å²) in [6.07, 6.45) is 2.65. The summed E-state index contributed by atoms with van der Waals surface area (Å²) in [4.78, 5) is 33.1. The predicted molar refractivity (Wildman–Crippen MR) is 110 cm³/mol. The highest BCUT2D eigenvalue weighted by molar-refractivity contribution is 5.87. The summed E-state index contributed by atoms with van der Waals surface area (Å²) in [6.45, 7) is 11.2. The molecule has 5 nitrogen and oxygen atoms in total. The van der Waals surface area contributed by atoms with Gasteiger partial charge in [0.2, 0.25) is 11.8 Å². The average molecular weight is 384 g/mol. The molecule has 0 spiro atoms. The summed E-state index contributed by atoms with van der Waals surface area (Å²) < 4.78 is 0. The number of likely N-dealkylation sites (tertiary alicyclic amines) is 3. The predicted octanol–water partition coefficient (Wildman–Crippen LogP) is 2.33. The Hall–Kier alpha value is -1.88. The minimum atomic E-state index is -0.407. The molecule has 2 amide bonds. The lowest BCUT2D eigenvalue weighted by molar-refractivity contribution is -0.141. The zero-order valence-electron chi connectivity index (χ0n) is 17.5. The first-order valence-corrected chi connectivity index (χ1v) is 10.8. The Bertz CT molecular complexity index is 756. The van der Waals surface area contributed by atoms with E-state index in [4.69, 9.17) is 0 Å². The summed E-state index contributed by atoms with van der Waals surface area (Å²) in [6, 6.07) is 8.53. The van der Waals surface area contributed by atoms with Crippen molar-refractivity contribution in [2.75, 3.05) is 39.3 Å². The van der Waals surface area contributed by atoms with Gasteiger partial charge in [-0.05, 0) is 44.7 Å². The molecule has 0 aliphatic carbocycles. The lowest BCUT2D eigenvalue weighted by atomic mass is 9.79. The van der Waals surface area contributed by atoms with Crippen molar-refractivity contribution < 1.29 is 9.59 Å². The molecule has 1 aromatic carbocycles. The zero-order valence-corrected chi connectivity index (χ0v) is 17.5. The van der Waals surface area contributed by atoms with Gasteiger partial charge in [-0.3, -0.25) is 14.5 Å². The van der Waals surface area contributed by atoms with Crippen molar-refractivity contribution in [2.24, 2.45) is 11.3 Å². The molecule has 0 saturated carbocycles. The van der Waals surface area contributed by atoms with Crippen molar-refractivity contribution in [1.82, 2.24) is 14.7 Å². The molecular weight excluding hydrogens is 350 g/mol. The van der Waals surface area contributed by atoms with Crippen LogP contribution in [0.1, 0.15) is 37.8 Å². The van der Waals surface area contributed by atoms with E-state index in [1.54, 1.807) is 0 Å². The summed E-state index contributed by atoms with van der Waals surface area (Å²) in [5.74, 6) is 0.710. The summed E-state index contributed by atoms with van der Waals surface area (Å²) in [5.41, 5.74) is 1.84. The van der Waals surface area contributed by atoms with Gasteiger partial charge in [-0.2, -0.15) is 0 Å². The monoisotopic (exact) mass is 383 g/mol. The first kappa shape index (κ1) is 19.4. The lowest BCUT2D eigenvalue weighted by Gasteiger charge is -2.33. The van der Waals surface area contributed by atoms with Crippen LogP contribution in [0.3, 0.4) is 0 Å². The van der Waals surface area contributed by atoms with Gasteiger partial charge in [0.1, 0.15) is 0 Å². The van der Waals surface area contributed by atoms with E-state index in [9.17, 15) is 9.59 Å². The number of fused-ring (bicyclic) bond motifs is 1. The number of nitrogens with zero attached hydrogens (tertiary/aromatic N) is 3. The molecule has 2 atom stereocenters. The van der Waals surface area contributed by atoms with Crippen molar-refractivity contribution >= 4 is 11.8 Å². The molecule has 1 aromatic rings. The van der Waals surface area contributed by atoms with Crippen molar-refractivity contribution in [3.63, 3.8) is 0 Å². The maximum atomic E-state index is 13.6.